The molecule has 0 amide bonds. The summed E-state index contributed by atoms with van der Waals surface area (Å²) in [5.41, 5.74) is 1.28. The molecule has 0 aliphatic rings. The number of benzene rings is 1. The third-order valence-electron chi connectivity index (χ3n) is 3.03. The Kier molecular flexibility index (Phi) is 8.07. The molecule has 0 aromatic heterocycles. The monoisotopic (exact) mass is 296 g/mol. The lowest BCUT2D eigenvalue weighted by molar-refractivity contribution is 0.0384. The third kappa shape index (κ3) is 5.75. The third-order valence-corrected chi connectivity index (χ3v) is 6.36. The molecule has 0 fully saturated rings. The van der Waals surface area contributed by atoms with Gasteiger partial charge in [0, 0.05) is 19.3 Å². The van der Waals surface area contributed by atoms with E-state index in [2.05, 4.69) is 38.1 Å². The molecule has 114 valence electrons. The smallest absolute Gasteiger partial charge is 0.374 e. The second-order valence-electron chi connectivity index (χ2n) is 4.92. The van der Waals surface area contributed by atoms with Crippen LogP contribution in [0.1, 0.15) is 39.7 Å². The van der Waals surface area contributed by atoms with Gasteiger partial charge in [-0.25, -0.2) is 0 Å². The minimum atomic E-state index is -2.51. The van der Waals surface area contributed by atoms with Crippen LogP contribution in [-0.2, 0) is 19.7 Å². The van der Waals surface area contributed by atoms with Gasteiger partial charge in [0.15, 0.2) is 0 Å². The van der Waals surface area contributed by atoms with Crippen LogP contribution in [0.15, 0.2) is 30.3 Å². The van der Waals surface area contributed by atoms with Crippen molar-refractivity contribution in [3.8, 4) is 0 Å². The van der Waals surface area contributed by atoms with E-state index in [-0.39, 0.29) is 6.10 Å². The first-order valence-corrected chi connectivity index (χ1v) is 9.58. The van der Waals surface area contributed by atoms with E-state index in [1.165, 1.54) is 5.56 Å². The quantitative estimate of drug-likeness (QED) is 0.609. The largest absolute Gasteiger partial charge is 0.501 e. The maximum Gasteiger partial charge on any atom is 0.501 e. The summed E-state index contributed by atoms with van der Waals surface area (Å²) < 4.78 is 18.1. The predicted octanol–water partition coefficient (Wildman–Crippen LogP) is 4.06. The van der Waals surface area contributed by atoms with Crippen molar-refractivity contribution < 1.29 is 13.3 Å². The van der Waals surface area contributed by atoms with E-state index in [1.807, 2.05) is 19.9 Å². The van der Waals surface area contributed by atoms with Gasteiger partial charge >= 0.3 is 8.80 Å². The van der Waals surface area contributed by atoms with Gasteiger partial charge in [-0.2, -0.15) is 0 Å². The molecule has 1 aromatic rings. The Morgan fingerprint density at radius 1 is 1.00 bits per heavy atom. The summed E-state index contributed by atoms with van der Waals surface area (Å²) in [5, 5.41) is 0. The average molecular weight is 296 g/mol. The fourth-order valence-electron chi connectivity index (χ4n) is 2.35. The van der Waals surface area contributed by atoms with Gasteiger partial charge in [0.05, 0.1) is 6.10 Å². The first kappa shape index (κ1) is 17.4. The number of rotatable bonds is 10. The minimum absolute atomic E-state index is 0.105. The Balaban J connectivity index is 2.67. The highest BCUT2D eigenvalue weighted by Crippen LogP contribution is 2.21. The molecule has 1 atom stereocenters. The highest BCUT2D eigenvalue weighted by atomic mass is 28.4. The summed E-state index contributed by atoms with van der Waals surface area (Å²) in [4.78, 5) is 0. The molecule has 4 heteroatoms. The molecule has 20 heavy (non-hydrogen) atoms. The van der Waals surface area contributed by atoms with Gasteiger partial charge in [0.1, 0.15) is 0 Å². The molecule has 3 nitrogen and oxygen atoms in total. The molecule has 0 bridgehead atoms. The van der Waals surface area contributed by atoms with Crippen molar-refractivity contribution in [3.05, 3.63) is 35.9 Å². The molecule has 0 heterocycles. The van der Waals surface area contributed by atoms with Crippen LogP contribution in [-0.4, -0.2) is 28.1 Å². The van der Waals surface area contributed by atoms with Crippen molar-refractivity contribution in [2.24, 2.45) is 0 Å². The van der Waals surface area contributed by atoms with E-state index in [0.717, 1.165) is 18.9 Å². The predicted molar refractivity (Wildman–Crippen MR) is 84.8 cm³/mol. The van der Waals surface area contributed by atoms with Gasteiger partial charge in [0.2, 0.25) is 0 Å². The lowest BCUT2D eigenvalue weighted by Crippen LogP contribution is -2.48. The van der Waals surface area contributed by atoms with Gasteiger partial charge < -0.3 is 13.3 Å². The molecular formula is C16H28O3Si. The highest BCUT2D eigenvalue weighted by Gasteiger charge is 2.41. The van der Waals surface area contributed by atoms with Gasteiger partial charge in [-0.3, -0.25) is 0 Å². The summed E-state index contributed by atoms with van der Waals surface area (Å²) in [7, 11) is -2.51. The Hall–Kier alpha value is -0.683. The topological polar surface area (TPSA) is 27.7 Å². The second-order valence-corrected chi connectivity index (χ2v) is 7.60. The van der Waals surface area contributed by atoms with Crippen LogP contribution in [0, 0.1) is 0 Å². The standard InChI is InChI=1S/C16H28O3Si/c1-5-13-20(17-6-2,18-7-3)19-15(4)14-16-11-9-8-10-12-16/h8-12,15H,5-7,13-14H2,1-4H3. The molecule has 0 saturated heterocycles. The normalized spacial score (nSPS) is 13.4. The molecule has 1 rings (SSSR count). The highest BCUT2D eigenvalue weighted by molar-refractivity contribution is 6.60. The van der Waals surface area contributed by atoms with E-state index in [9.17, 15) is 0 Å². The molecule has 0 saturated carbocycles. The SMILES string of the molecule is CCC[Si](OCC)(OCC)OC(C)Cc1ccccc1. The molecule has 0 radical (unpaired) electrons. The first-order valence-electron chi connectivity index (χ1n) is 7.65. The van der Waals surface area contributed by atoms with E-state index >= 15 is 0 Å². The van der Waals surface area contributed by atoms with Crippen LogP contribution in [0.2, 0.25) is 6.04 Å². The summed E-state index contributed by atoms with van der Waals surface area (Å²) in [5.74, 6) is 0. The number of hydrogen-bond donors (Lipinski definition) is 0. The maximum absolute atomic E-state index is 6.26. The minimum Gasteiger partial charge on any atom is -0.374 e. The zero-order valence-corrected chi connectivity index (χ0v) is 14.2. The summed E-state index contributed by atoms with van der Waals surface area (Å²) in [6.45, 7) is 9.53. The van der Waals surface area contributed by atoms with Crippen LogP contribution >= 0.6 is 0 Å². The van der Waals surface area contributed by atoms with Crippen LogP contribution in [0.3, 0.4) is 0 Å². The van der Waals surface area contributed by atoms with E-state index in [0.29, 0.717) is 13.2 Å². The van der Waals surface area contributed by atoms with Gasteiger partial charge in [-0.15, -0.1) is 0 Å². The average Bonchev–Trinajstić information content (AvgIpc) is 2.40. The Bertz CT molecular complexity index is 339. The number of hydrogen-bond acceptors (Lipinski definition) is 3. The van der Waals surface area contributed by atoms with Crippen molar-refractivity contribution in [2.75, 3.05) is 13.2 Å². The fourth-order valence-corrected chi connectivity index (χ4v) is 5.17. The second kappa shape index (κ2) is 9.29. The summed E-state index contributed by atoms with van der Waals surface area (Å²) >= 11 is 0. The zero-order valence-electron chi connectivity index (χ0n) is 13.2. The molecule has 0 aliphatic heterocycles. The molecule has 0 spiro atoms. The fraction of sp³-hybridized carbons (Fsp3) is 0.625. The van der Waals surface area contributed by atoms with Gasteiger partial charge in [-0.1, -0.05) is 43.7 Å². The Morgan fingerprint density at radius 3 is 2.10 bits per heavy atom. The van der Waals surface area contributed by atoms with Crippen LogP contribution in [0.5, 0.6) is 0 Å². The first-order chi connectivity index (χ1) is 9.65. The van der Waals surface area contributed by atoms with Crippen LogP contribution < -0.4 is 0 Å². The van der Waals surface area contributed by atoms with Crippen molar-refractivity contribution in [1.29, 1.82) is 0 Å². The lowest BCUT2D eigenvalue weighted by atomic mass is 10.1. The van der Waals surface area contributed by atoms with E-state index < -0.39 is 8.80 Å². The van der Waals surface area contributed by atoms with E-state index in [4.69, 9.17) is 13.3 Å². The van der Waals surface area contributed by atoms with Crippen LogP contribution in [0.25, 0.3) is 0 Å². The molecule has 0 aliphatic carbocycles. The summed E-state index contributed by atoms with van der Waals surface area (Å²) in [6, 6.07) is 11.3. The Labute approximate surface area is 124 Å². The van der Waals surface area contributed by atoms with Crippen molar-refractivity contribution in [3.63, 3.8) is 0 Å². The molecular weight excluding hydrogens is 268 g/mol. The van der Waals surface area contributed by atoms with Gasteiger partial charge in [0.25, 0.3) is 0 Å². The van der Waals surface area contributed by atoms with E-state index in [1.54, 1.807) is 0 Å². The summed E-state index contributed by atoms with van der Waals surface area (Å²) in [6.07, 6.45) is 2.01. The zero-order chi connectivity index (χ0) is 14.8. The van der Waals surface area contributed by atoms with Crippen LogP contribution in [0.4, 0.5) is 0 Å². The molecule has 0 N–H and O–H groups in total. The van der Waals surface area contributed by atoms with Gasteiger partial charge in [-0.05, 0) is 32.8 Å². The maximum atomic E-state index is 6.26. The van der Waals surface area contributed by atoms with Crippen molar-refractivity contribution in [2.45, 2.75) is 52.7 Å². The van der Waals surface area contributed by atoms with Crippen molar-refractivity contribution in [1.82, 2.24) is 0 Å². The van der Waals surface area contributed by atoms with Crippen molar-refractivity contribution >= 4 is 8.80 Å². The lowest BCUT2D eigenvalue weighted by Gasteiger charge is -2.31. The molecule has 1 unspecified atom stereocenters. The molecule has 1 aromatic carbocycles. The Morgan fingerprint density at radius 2 is 1.60 bits per heavy atom.